The topological polar surface area (TPSA) is 23.8 Å². The van der Waals surface area contributed by atoms with E-state index in [4.69, 9.17) is 5.26 Å². The molecule has 0 spiro atoms. The minimum atomic E-state index is -1.61. The molecule has 1 aliphatic rings. The van der Waals surface area contributed by atoms with Crippen LogP contribution in [0.2, 0.25) is 0 Å². The van der Waals surface area contributed by atoms with Crippen LogP contribution in [0.4, 0.5) is 17.6 Å². The van der Waals surface area contributed by atoms with Gasteiger partial charge in [-0.25, -0.2) is 17.6 Å². The second kappa shape index (κ2) is 11.4. The highest BCUT2D eigenvalue weighted by Crippen LogP contribution is 2.37. The van der Waals surface area contributed by atoms with Crippen LogP contribution in [0.5, 0.6) is 0 Å². The van der Waals surface area contributed by atoms with Crippen LogP contribution in [0, 0.1) is 51.7 Å². The monoisotopic (exact) mass is 459 g/mol. The van der Waals surface area contributed by atoms with E-state index in [1.54, 1.807) is 12.1 Å². The van der Waals surface area contributed by atoms with E-state index in [-0.39, 0.29) is 11.8 Å². The lowest BCUT2D eigenvalue weighted by atomic mass is 9.77. The van der Waals surface area contributed by atoms with E-state index >= 15 is 0 Å². The number of benzene rings is 2. The van der Waals surface area contributed by atoms with Crippen LogP contribution < -0.4 is 0 Å². The zero-order valence-electron chi connectivity index (χ0n) is 18.0. The molecule has 0 radical (unpaired) electrons. The third kappa shape index (κ3) is 5.67. The molecule has 0 heterocycles. The maximum Gasteiger partial charge on any atom is 0.178 e. The molecule has 1 saturated carbocycles. The third-order valence-electron chi connectivity index (χ3n) is 6.15. The molecular formula is C26H25F4NS. The number of thiocyanates is 1. The van der Waals surface area contributed by atoms with Crippen LogP contribution in [-0.2, 0) is 0 Å². The summed E-state index contributed by atoms with van der Waals surface area (Å²) in [5, 5.41) is 9.96. The minimum absolute atomic E-state index is 0.0272. The van der Waals surface area contributed by atoms with Crippen LogP contribution in [0.25, 0.3) is 0 Å². The molecule has 0 saturated heterocycles. The summed E-state index contributed by atoms with van der Waals surface area (Å²) in [7, 11) is 0. The molecule has 1 nitrogen and oxygen atoms in total. The second-order valence-electron chi connectivity index (χ2n) is 8.24. The number of unbranched alkanes of at least 4 members (excludes halogenated alkanes) is 2. The Bertz CT molecular complexity index is 1010. The van der Waals surface area contributed by atoms with Gasteiger partial charge in [0.1, 0.15) is 11.0 Å². The van der Waals surface area contributed by atoms with Crippen molar-refractivity contribution in [3.05, 3.63) is 64.2 Å². The summed E-state index contributed by atoms with van der Waals surface area (Å²) in [6, 6.07) is 7.45. The first-order chi connectivity index (χ1) is 15.5. The van der Waals surface area contributed by atoms with E-state index in [2.05, 4.69) is 18.8 Å². The van der Waals surface area contributed by atoms with Gasteiger partial charge in [-0.15, -0.1) is 0 Å². The van der Waals surface area contributed by atoms with Gasteiger partial charge >= 0.3 is 0 Å². The fourth-order valence-corrected chi connectivity index (χ4v) is 4.75. The molecule has 2 aromatic rings. The maximum absolute atomic E-state index is 14.2. The Labute approximate surface area is 191 Å². The molecule has 32 heavy (non-hydrogen) atoms. The van der Waals surface area contributed by atoms with E-state index in [1.807, 2.05) is 12.1 Å². The van der Waals surface area contributed by atoms with E-state index in [0.717, 1.165) is 18.8 Å². The van der Waals surface area contributed by atoms with Gasteiger partial charge < -0.3 is 0 Å². The number of thioether (sulfide) groups is 1. The first-order valence-electron chi connectivity index (χ1n) is 11.0. The van der Waals surface area contributed by atoms with Crippen molar-refractivity contribution in [2.45, 2.75) is 69.1 Å². The van der Waals surface area contributed by atoms with Crippen LogP contribution in [0.15, 0.2) is 29.2 Å². The summed E-state index contributed by atoms with van der Waals surface area (Å²) < 4.78 is 56.3. The highest BCUT2D eigenvalue weighted by atomic mass is 32.2. The fraction of sp³-hybridized carbons (Fsp3) is 0.423. The van der Waals surface area contributed by atoms with Crippen LogP contribution >= 0.6 is 11.8 Å². The number of halogens is 4. The SMILES string of the molecule is CCCCCC1CCC(c2ccc(C#Cc3c(F)c(F)c(SC#N)c(F)c3F)cc2)CC1. The van der Waals surface area contributed by atoms with Crippen molar-refractivity contribution >= 4 is 11.8 Å². The first kappa shape index (κ1) is 24.2. The summed E-state index contributed by atoms with van der Waals surface area (Å²) in [5.74, 6) is -0.301. The van der Waals surface area contributed by atoms with Crippen LogP contribution in [-0.4, -0.2) is 0 Å². The molecule has 2 aromatic carbocycles. The van der Waals surface area contributed by atoms with Crippen LogP contribution in [0.1, 0.15) is 80.9 Å². The van der Waals surface area contributed by atoms with Gasteiger partial charge in [-0.2, -0.15) is 5.26 Å². The van der Waals surface area contributed by atoms with Gasteiger partial charge in [0.05, 0.1) is 4.90 Å². The van der Waals surface area contributed by atoms with Gasteiger partial charge in [0.15, 0.2) is 23.3 Å². The van der Waals surface area contributed by atoms with Gasteiger partial charge in [0.25, 0.3) is 0 Å². The molecule has 0 atom stereocenters. The lowest BCUT2D eigenvalue weighted by Crippen LogP contribution is -2.13. The number of nitriles is 1. The van der Waals surface area contributed by atoms with Gasteiger partial charge in [-0.1, -0.05) is 56.6 Å². The molecule has 0 aliphatic heterocycles. The third-order valence-corrected chi connectivity index (χ3v) is 6.80. The Hall–Kier alpha value is -2.44. The summed E-state index contributed by atoms with van der Waals surface area (Å²) in [6.45, 7) is 2.22. The maximum atomic E-state index is 14.2. The number of nitrogens with zero attached hydrogens (tertiary/aromatic N) is 1. The van der Waals surface area contributed by atoms with E-state index in [9.17, 15) is 17.6 Å². The van der Waals surface area contributed by atoms with Crippen molar-refractivity contribution in [3.8, 4) is 17.2 Å². The molecule has 0 amide bonds. The minimum Gasteiger partial charge on any atom is -0.202 e. The standard InChI is InChI=1S/C26H25F4NS/c1-2-3-4-5-17-6-11-19(12-7-17)20-13-8-18(9-14-20)10-15-21-22(27)24(29)26(32-16-31)25(30)23(21)28/h8-9,13-14,17,19H,2-7,11-12H2,1H3. The Morgan fingerprint density at radius 1 is 0.875 bits per heavy atom. The molecule has 0 aromatic heterocycles. The van der Waals surface area contributed by atoms with Crippen molar-refractivity contribution in [2.24, 2.45) is 5.92 Å². The number of rotatable bonds is 6. The summed E-state index contributed by atoms with van der Waals surface area (Å²) >= 11 is 0.0272. The van der Waals surface area contributed by atoms with Gasteiger partial charge in [-0.05, 0) is 67.0 Å². The predicted octanol–water partition coefficient (Wildman–Crippen LogP) is 8.07. The normalized spacial score (nSPS) is 18.0. The van der Waals surface area contributed by atoms with Crippen molar-refractivity contribution in [1.29, 1.82) is 5.26 Å². The van der Waals surface area contributed by atoms with Gasteiger partial charge in [0.2, 0.25) is 0 Å². The Kier molecular flexibility index (Phi) is 8.65. The van der Waals surface area contributed by atoms with Crippen molar-refractivity contribution in [1.82, 2.24) is 0 Å². The summed E-state index contributed by atoms with van der Waals surface area (Å²) in [4.78, 5) is -1.00. The molecule has 1 fully saturated rings. The summed E-state index contributed by atoms with van der Waals surface area (Å²) in [5.41, 5.74) is 0.736. The van der Waals surface area contributed by atoms with E-state index < -0.39 is 33.7 Å². The quantitative estimate of drug-likeness (QED) is 0.109. The predicted molar refractivity (Wildman–Crippen MR) is 119 cm³/mol. The Morgan fingerprint density at radius 2 is 1.50 bits per heavy atom. The van der Waals surface area contributed by atoms with Crippen molar-refractivity contribution < 1.29 is 17.6 Å². The highest BCUT2D eigenvalue weighted by molar-refractivity contribution is 8.03. The Morgan fingerprint density at radius 3 is 2.06 bits per heavy atom. The van der Waals surface area contributed by atoms with E-state index in [1.165, 1.54) is 49.5 Å². The largest absolute Gasteiger partial charge is 0.202 e. The van der Waals surface area contributed by atoms with Gasteiger partial charge in [0, 0.05) is 5.56 Å². The van der Waals surface area contributed by atoms with Crippen molar-refractivity contribution in [2.75, 3.05) is 0 Å². The zero-order valence-corrected chi connectivity index (χ0v) is 18.8. The molecular weight excluding hydrogens is 434 g/mol. The molecule has 0 N–H and O–H groups in total. The lowest BCUT2D eigenvalue weighted by molar-refractivity contribution is 0.303. The summed E-state index contributed by atoms with van der Waals surface area (Å²) in [6.07, 6.45) is 9.98. The number of hydrogen-bond donors (Lipinski definition) is 0. The zero-order chi connectivity index (χ0) is 23.1. The lowest BCUT2D eigenvalue weighted by Gasteiger charge is -2.29. The second-order valence-corrected chi connectivity index (χ2v) is 9.03. The van der Waals surface area contributed by atoms with Crippen LogP contribution in [0.3, 0.4) is 0 Å². The van der Waals surface area contributed by atoms with Gasteiger partial charge in [-0.3, -0.25) is 0 Å². The Balaban J connectivity index is 1.69. The molecule has 0 bridgehead atoms. The fourth-order valence-electron chi connectivity index (χ4n) is 4.30. The molecule has 6 heteroatoms. The molecule has 1 aliphatic carbocycles. The number of hydrogen-bond acceptors (Lipinski definition) is 2. The molecule has 0 unspecified atom stereocenters. The van der Waals surface area contributed by atoms with E-state index in [0.29, 0.717) is 11.5 Å². The first-order valence-corrected chi connectivity index (χ1v) is 11.8. The molecule has 168 valence electrons. The molecule has 3 rings (SSSR count). The average molecular weight is 460 g/mol. The van der Waals surface area contributed by atoms with Crippen molar-refractivity contribution in [3.63, 3.8) is 0 Å². The smallest absolute Gasteiger partial charge is 0.178 e. The highest BCUT2D eigenvalue weighted by Gasteiger charge is 2.25. The average Bonchev–Trinajstić information content (AvgIpc) is 2.82.